The molecule has 2 N–H and O–H groups in total. The number of aryl methyl sites for hydroxylation is 1. The SMILES string of the molecule is Cc1cc(-c2ccc(/C=N/NC(=O)[C@H](NC(=O)Cc3cccs3)C(C)C)o2)cc([N+](=O)[O-])c1C. The molecular weight excluding hydrogens is 456 g/mol. The van der Waals surface area contributed by atoms with Crippen LogP contribution >= 0.6 is 11.3 Å². The van der Waals surface area contributed by atoms with E-state index in [1.54, 1.807) is 26.0 Å². The Morgan fingerprint density at radius 1 is 1.24 bits per heavy atom. The van der Waals surface area contributed by atoms with Crippen LogP contribution in [0.4, 0.5) is 5.69 Å². The number of furan rings is 1. The van der Waals surface area contributed by atoms with Crippen molar-refractivity contribution in [2.24, 2.45) is 11.0 Å². The quantitative estimate of drug-likeness (QED) is 0.266. The lowest BCUT2D eigenvalue weighted by molar-refractivity contribution is -0.385. The molecule has 0 fully saturated rings. The monoisotopic (exact) mass is 482 g/mol. The minimum Gasteiger partial charge on any atom is -0.455 e. The van der Waals surface area contributed by atoms with E-state index in [1.807, 2.05) is 37.4 Å². The summed E-state index contributed by atoms with van der Waals surface area (Å²) in [5.74, 6) is -0.0158. The van der Waals surface area contributed by atoms with Gasteiger partial charge in [-0.25, -0.2) is 5.43 Å². The first-order valence-corrected chi connectivity index (χ1v) is 11.5. The Morgan fingerprint density at radius 2 is 2.00 bits per heavy atom. The molecule has 0 saturated heterocycles. The highest BCUT2D eigenvalue weighted by Gasteiger charge is 2.24. The number of nitro benzene ring substituents is 1. The van der Waals surface area contributed by atoms with Crippen molar-refractivity contribution >= 4 is 35.1 Å². The number of hydrogen-bond donors (Lipinski definition) is 2. The number of hydrogen-bond acceptors (Lipinski definition) is 7. The molecule has 34 heavy (non-hydrogen) atoms. The zero-order valence-electron chi connectivity index (χ0n) is 19.3. The average Bonchev–Trinajstić information content (AvgIpc) is 3.45. The molecule has 3 rings (SSSR count). The summed E-state index contributed by atoms with van der Waals surface area (Å²) in [6.45, 7) is 7.17. The van der Waals surface area contributed by atoms with Gasteiger partial charge in [0.25, 0.3) is 11.6 Å². The minimum atomic E-state index is -0.743. The van der Waals surface area contributed by atoms with Gasteiger partial charge in [-0.05, 0) is 55.0 Å². The third kappa shape index (κ3) is 6.16. The second kappa shape index (κ2) is 10.9. The van der Waals surface area contributed by atoms with E-state index in [-0.39, 0.29) is 23.9 Å². The molecule has 0 aliphatic rings. The molecule has 0 aliphatic heterocycles. The molecule has 9 nitrogen and oxygen atoms in total. The number of nitro groups is 1. The fourth-order valence-corrected chi connectivity index (χ4v) is 4.01. The number of benzene rings is 1. The summed E-state index contributed by atoms with van der Waals surface area (Å²) in [5.41, 5.74) is 4.42. The van der Waals surface area contributed by atoms with E-state index >= 15 is 0 Å². The molecule has 0 spiro atoms. The van der Waals surface area contributed by atoms with E-state index in [4.69, 9.17) is 4.42 Å². The van der Waals surface area contributed by atoms with Gasteiger partial charge in [0, 0.05) is 22.1 Å². The van der Waals surface area contributed by atoms with E-state index in [9.17, 15) is 19.7 Å². The van der Waals surface area contributed by atoms with Crippen LogP contribution in [0.2, 0.25) is 0 Å². The Morgan fingerprint density at radius 3 is 2.65 bits per heavy atom. The lowest BCUT2D eigenvalue weighted by Gasteiger charge is -2.20. The Balaban J connectivity index is 1.64. The number of carbonyl (C=O) groups excluding carboxylic acids is 2. The van der Waals surface area contributed by atoms with Gasteiger partial charge in [-0.2, -0.15) is 5.10 Å². The summed E-state index contributed by atoms with van der Waals surface area (Å²) < 4.78 is 5.72. The van der Waals surface area contributed by atoms with Crippen LogP contribution in [-0.4, -0.2) is 29.0 Å². The van der Waals surface area contributed by atoms with Crippen LogP contribution in [0.15, 0.2) is 51.3 Å². The van der Waals surface area contributed by atoms with Crippen molar-refractivity contribution in [3.05, 3.63) is 73.7 Å². The molecule has 178 valence electrons. The number of nitrogens with one attached hydrogen (secondary N) is 2. The maximum Gasteiger partial charge on any atom is 0.273 e. The van der Waals surface area contributed by atoms with E-state index in [0.29, 0.717) is 22.6 Å². The van der Waals surface area contributed by atoms with Crippen LogP contribution in [0.1, 0.15) is 35.6 Å². The van der Waals surface area contributed by atoms with Gasteiger partial charge >= 0.3 is 0 Å². The van der Waals surface area contributed by atoms with Crippen LogP contribution in [0.5, 0.6) is 0 Å². The van der Waals surface area contributed by atoms with E-state index < -0.39 is 16.9 Å². The highest BCUT2D eigenvalue weighted by Crippen LogP contribution is 2.30. The van der Waals surface area contributed by atoms with Crippen molar-refractivity contribution in [3.63, 3.8) is 0 Å². The third-order valence-electron chi connectivity index (χ3n) is 5.29. The lowest BCUT2D eigenvalue weighted by Crippen LogP contribution is -2.49. The van der Waals surface area contributed by atoms with E-state index in [1.165, 1.54) is 23.6 Å². The second-order valence-electron chi connectivity index (χ2n) is 8.18. The number of rotatable bonds is 9. The molecule has 1 aromatic carbocycles. The van der Waals surface area contributed by atoms with Crippen LogP contribution in [-0.2, 0) is 16.0 Å². The van der Waals surface area contributed by atoms with Gasteiger partial charge in [-0.15, -0.1) is 11.3 Å². The Bertz CT molecular complexity index is 1210. The van der Waals surface area contributed by atoms with Crippen molar-refractivity contribution in [2.45, 2.75) is 40.2 Å². The first-order valence-electron chi connectivity index (χ1n) is 10.7. The number of thiophene rings is 1. The van der Waals surface area contributed by atoms with Crippen molar-refractivity contribution in [2.75, 3.05) is 0 Å². The first-order chi connectivity index (χ1) is 16.2. The molecule has 0 saturated carbocycles. The summed E-state index contributed by atoms with van der Waals surface area (Å²) in [6, 6.07) is 9.61. The zero-order valence-corrected chi connectivity index (χ0v) is 20.1. The van der Waals surface area contributed by atoms with Gasteiger partial charge < -0.3 is 9.73 Å². The molecule has 0 radical (unpaired) electrons. The van der Waals surface area contributed by atoms with Gasteiger partial charge in [0.2, 0.25) is 5.91 Å². The third-order valence-corrected chi connectivity index (χ3v) is 6.17. The summed E-state index contributed by atoms with van der Waals surface area (Å²) in [4.78, 5) is 36.7. The standard InChI is InChI=1S/C24H26N4O5S/c1-14(2)23(26-22(29)12-19-6-5-9-34-19)24(30)27-25-13-18-7-8-21(33-18)17-10-15(3)16(4)20(11-17)28(31)32/h5-11,13-14,23H,12H2,1-4H3,(H,26,29)(H,27,30)/b25-13+/t23-/m1/s1. The van der Waals surface area contributed by atoms with Crippen LogP contribution in [0, 0.1) is 29.9 Å². The van der Waals surface area contributed by atoms with Crippen molar-refractivity contribution < 1.29 is 18.9 Å². The second-order valence-corrected chi connectivity index (χ2v) is 9.21. The fourth-order valence-electron chi connectivity index (χ4n) is 3.31. The number of carbonyl (C=O) groups is 2. The minimum absolute atomic E-state index is 0.0229. The van der Waals surface area contributed by atoms with E-state index in [2.05, 4.69) is 15.8 Å². The van der Waals surface area contributed by atoms with Crippen LogP contribution in [0.3, 0.4) is 0 Å². The van der Waals surface area contributed by atoms with Crippen LogP contribution < -0.4 is 10.7 Å². The Labute approximate surface area is 201 Å². The molecule has 0 bridgehead atoms. The highest BCUT2D eigenvalue weighted by atomic mass is 32.1. The summed E-state index contributed by atoms with van der Waals surface area (Å²) in [6.07, 6.45) is 1.55. The number of nitrogens with zero attached hydrogens (tertiary/aromatic N) is 2. The molecule has 0 unspecified atom stereocenters. The molecule has 2 aromatic heterocycles. The van der Waals surface area contributed by atoms with Crippen molar-refractivity contribution in [1.29, 1.82) is 0 Å². The molecule has 2 heterocycles. The molecule has 2 amide bonds. The molecular formula is C24H26N4O5S. The first kappa shape index (κ1) is 24.8. The predicted octanol–water partition coefficient (Wildman–Crippen LogP) is 4.37. The maximum atomic E-state index is 12.6. The van der Waals surface area contributed by atoms with Crippen molar-refractivity contribution in [3.8, 4) is 11.3 Å². The Kier molecular flexibility index (Phi) is 7.95. The topological polar surface area (TPSA) is 127 Å². The molecule has 1 atom stereocenters. The predicted molar refractivity (Wildman–Crippen MR) is 131 cm³/mol. The summed E-state index contributed by atoms with van der Waals surface area (Å²) in [7, 11) is 0. The number of amides is 2. The highest BCUT2D eigenvalue weighted by molar-refractivity contribution is 7.10. The van der Waals surface area contributed by atoms with Crippen LogP contribution in [0.25, 0.3) is 11.3 Å². The smallest absolute Gasteiger partial charge is 0.273 e. The van der Waals surface area contributed by atoms with Crippen molar-refractivity contribution in [1.82, 2.24) is 10.7 Å². The molecule has 10 heteroatoms. The summed E-state index contributed by atoms with van der Waals surface area (Å²) >= 11 is 1.48. The average molecular weight is 483 g/mol. The summed E-state index contributed by atoms with van der Waals surface area (Å²) in [5, 5.41) is 19.9. The maximum absolute atomic E-state index is 12.6. The van der Waals surface area contributed by atoms with Gasteiger partial charge in [0.15, 0.2) is 0 Å². The Hall–Kier alpha value is -3.79. The van der Waals surface area contributed by atoms with Gasteiger partial charge in [-0.3, -0.25) is 19.7 Å². The van der Waals surface area contributed by atoms with Gasteiger partial charge in [-0.1, -0.05) is 19.9 Å². The van der Waals surface area contributed by atoms with Gasteiger partial charge in [0.1, 0.15) is 17.6 Å². The normalized spacial score (nSPS) is 12.1. The largest absolute Gasteiger partial charge is 0.455 e. The molecule has 0 aliphatic carbocycles. The number of hydrazone groups is 1. The van der Waals surface area contributed by atoms with Gasteiger partial charge in [0.05, 0.1) is 17.6 Å². The van der Waals surface area contributed by atoms with E-state index in [0.717, 1.165) is 10.4 Å². The lowest BCUT2D eigenvalue weighted by atomic mass is 10.0. The zero-order chi connectivity index (χ0) is 24.8. The fraction of sp³-hybridized carbons (Fsp3) is 0.292. The molecule has 3 aromatic rings.